The van der Waals surface area contributed by atoms with E-state index in [0.29, 0.717) is 5.65 Å². The maximum atomic E-state index is 11.5. The van der Waals surface area contributed by atoms with Crippen molar-refractivity contribution in [3.05, 3.63) is 29.2 Å². The van der Waals surface area contributed by atoms with Crippen LogP contribution in [-0.2, 0) is 9.78 Å². The first-order valence-electron chi connectivity index (χ1n) is 4.56. The first-order chi connectivity index (χ1) is 7.72. The molecule has 6 nitrogen and oxygen atoms in total. The molecule has 16 heavy (non-hydrogen) atoms. The van der Waals surface area contributed by atoms with Crippen molar-refractivity contribution in [3.8, 4) is 0 Å². The number of rotatable bonds is 3. The van der Waals surface area contributed by atoms with Gasteiger partial charge in [0.1, 0.15) is 10.7 Å². The summed E-state index contributed by atoms with van der Waals surface area (Å²) in [5, 5.41) is 4.20. The third kappa shape index (κ3) is 1.98. The van der Waals surface area contributed by atoms with Gasteiger partial charge in [-0.1, -0.05) is 11.6 Å². The van der Waals surface area contributed by atoms with Crippen molar-refractivity contribution in [1.29, 1.82) is 0 Å². The Balaban J connectivity index is 2.37. The van der Waals surface area contributed by atoms with Crippen molar-refractivity contribution in [2.75, 3.05) is 6.61 Å². The lowest BCUT2D eigenvalue weighted by Gasteiger charge is -1.99. The minimum Gasteiger partial charge on any atom is -0.293 e. The zero-order valence-electron chi connectivity index (χ0n) is 8.38. The molecule has 0 amide bonds. The highest BCUT2D eigenvalue weighted by atomic mass is 35.5. The molecule has 0 saturated heterocycles. The fraction of sp³-hybridized carbons (Fsp3) is 0.222. The van der Waals surface area contributed by atoms with Gasteiger partial charge in [-0.2, -0.15) is 9.99 Å². The van der Waals surface area contributed by atoms with Crippen molar-refractivity contribution < 1.29 is 14.6 Å². The molecule has 0 aliphatic heterocycles. The van der Waals surface area contributed by atoms with E-state index in [1.807, 2.05) is 0 Å². The predicted octanol–water partition coefficient (Wildman–Crippen LogP) is 1.49. The van der Waals surface area contributed by atoms with Crippen LogP contribution >= 0.6 is 11.6 Å². The van der Waals surface area contributed by atoms with Crippen LogP contribution in [0.4, 0.5) is 0 Å². The van der Waals surface area contributed by atoms with Gasteiger partial charge in [0.15, 0.2) is 5.65 Å². The number of nitrogens with zero attached hydrogens (tertiary/aromatic N) is 3. The van der Waals surface area contributed by atoms with Crippen LogP contribution in [0.3, 0.4) is 0 Å². The van der Waals surface area contributed by atoms with Crippen molar-refractivity contribution in [1.82, 2.24) is 14.6 Å². The Morgan fingerprint density at radius 3 is 3.19 bits per heavy atom. The molecule has 0 aliphatic carbocycles. The molecule has 0 saturated carbocycles. The summed E-state index contributed by atoms with van der Waals surface area (Å²) in [6, 6.07) is 1.57. The highest BCUT2D eigenvalue weighted by Crippen LogP contribution is 2.12. The number of carbonyl (C=O) groups is 1. The van der Waals surface area contributed by atoms with Gasteiger partial charge in [0.25, 0.3) is 0 Å². The molecule has 0 aromatic carbocycles. The van der Waals surface area contributed by atoms with Crippen LogP contribution in [-0.4, -0.2) is 27.2 Å². The van der Waals surface area contributed by atoms with Crippen molar-refractivity contribution in [2.45, 2.75) is 6.92 Å². The van der Waals surface area contributed by atoms with Gasteiger partial charge in [0.05, 0.1) is 12.8 Å². The first-order valence-corrected chi connectivity index (χ1v) is 4.94. The molecule has 7 heteroatoms. The fourth-order valence-electron chi connectivity index (χ4n) is 1.15. The molecular weight excluding hydrogens is 234 g/mol. The van der Waals surface area contributed by atoms with E-state index in [4.69, 9.17) is 11.6 Å². The molecule has 84 valence electrons. The SMILES string of the molecule is CCOOC(=O)c1cnn2ccc(Cl)nc12. The van der Waals surface area contributed by atoms with Crippen molar-refractivity contribution >= 4 is 23.2 Å². The summed E-state index contributed by atoms with van der Waals surface area (Å²) in [7, 11) is 0. The molecule has 0 fully saturated rings. The maximum Gasteiger partial charge on any atom is 0.378 e. The van der Waals surface area contributed by atoms with E-state index >= 15 is 0 Å². The van der Waals surface area contributed by atoms with Crippen LogP contribution in [0, 0.1) is 0 Å². The maximum absolute atomic E-state index is 11.5. The minimum atomic E-state index is -0.647. The van der Waals surface area contributed by atoms with Crippen LogP contribution in [0.15, 0.2) is 18.5 Å². The highest BCUT2D eigenvalue weighted by Gasteiger charge is 2.16. The Labute approximate surface area is 95.7 Å². The molecule has 2 aromatic rings. The van der Waals surface area contributed by atoms with E-state index < -0.39 is 5.97 Å². The number of halogens is 1. The van der Waals surface area contributed by atoms with Gasteiger partial charge in [-0.25, -0.2) is 14.3 Å². The quantitative estimate of drug-likeness (QED) is 0.463. The van der Waals surface area contributed by atoms with E-state index in [1.165, 1.54) is 10.7 Å². The fourth-order valence-corrected chi connectivity index (χ4v) is 1.28. The van der Waals surface area contributed by atoms with Crippen LogP contribution in [0.5, 0.6) is 0 Å². The molecule has 0 unspecified atom stereocenters. The summed E-state index contributed by atoms with van der Waals surface area (Å²) in [6.45, 7) is 1.98. The average Bonchev–Trinajstić information content (AvgIpc) is 2.68. The Morgan fingerprint density at radius 1 is 1.62 bits per heavy atom. The molecule has 0 N–H and O–H groups in total. The summed E-state index contributed by atoms with van der Waals surface area (Å²) in [5.41, 5.74) is 0.535. The number of hydrogen-bond acceptors (Lipinski definition) is 5. The normalized spacial score (nSPS) is 10.6. The van der Waals surface area contributed by atoms with E-state index in [2.05, 4.69) is 19.9 Å². The Bertz CT molecular complexity index is 526. The second-order valence-corrected chi connectivity index (χ2v) is 3.24. The van der Waals surface area contributed by atoms with Crippen LogP contribution in [0.2, 0.25) is 5.15 Å². The molecule has 2 heterocycles. The van der Waals surface area contributed by atoms with E-state index in [9.17, 15) is 4.79 Å². The largest absolute Gasteiger partial charge is 0.378 e. The van der Waals surface area contributed by atoms with E-state index in [1.54, 1.807) is 19.2 Å². The van der Waals surface area contributed by atoms with Gasteiger partial charge >= 0.3 is 5.97 Å². The van der Waals surface area contributed by atoms with Crippen LogP contribution in [0.1, 0.15) is 17.3 Å². The predicted molar refractivity (Wildman–Crippen MR) is 55.0 cm³/mol. The monoisotopic (exact) mass is 241 g/mol. The third-order valence-corrected chi connectivity index (χ3v) is 2.02. The van der Waals surface area contributed by atoms with Gasteiger partial charge in [-0.05, 0) is 13.0 Å². The van der Waals surface area contributed by atoms with Gasteiger partial charge in [0, 0.05) is 6.20 Å². The highest BCUT2D eigenvalue weighted by molar-refractivity contribution is 6.29. The molecule has 2 rings (SSSR count). The van der Waals surface area contributed by atoms with Crippen molar-refractivity contribution in [2.24, 2.45) is 0 Å². The summed E-state index contributed by atoms with van der Waals surface area (Å²) < 4.78 is 1.43. The Hall–Kier alpha value is -1.66. The number of fused-ring (bicyclic) bond motifs is 1. The van der Waals surface area contributed by atoms with Gasteiger partial charge in [-0.15, -0.1) is 0 Å². The molecule has 0 spiro atoms. The van der Waals surface area contributed by atoms with Gasteiger partial charge in [-0.3, -0.25) is 4.89 Å². The molecular formula is C9H8ClN3O3. The number of hydrogen-bond donors (Lipinski definition) is 0. The molecule has 0 radical (unpaired) electrons. The zero-order valence-corrected chi connectivity index (χ0v) is 9.14. The second-order valence-electron chi connectivity index (χ2n) is 2.85. The summed E-state index contributed by atoms with van der Waals surface area (Å²) in [5.74, 6) is -0.647. The lowest BCUT2D eigenvalue weighted by molar-refractivity contribution is -0.236. The summed E-state index contributed by atoms with van der Waals surface area (Å²) in [6.07, 6.45) is 2.95. The Morgan fingerprint density at radius 2 is 2.44 bits per heavy atom. The van der Waals surface area contributed by atoms with Gasteiger partial charge < -0.3 is 0 Å². The third-order valence-electron chi connectivity index (χ3n) is 1.81. The number of aromatic nitrogens is 3. The van der Waals surface area contributed by atoms with Crippen LogP contribution < -0.4 is 0 Å². The second kappa shape index (κ2) is 4.46. The zero-order chi connectivity index (χ0) is 11.5. The molecule has 0 bridgehead atoms. The van der Waals surface area contributed by atoms with E-state index in [0.717, 1.165) is 0 Å². The van der Waals surface area contributed by atoms with Gasteiger partial charge in [0.2, 0.25) is 0 Å². The first kappa shape index (κ1) is 10.8. The number of carbonyl (C=O) groups excluding carboxylic acids is 1. The minimum absolute atomic E-state index is 0.205. The lowest BCUT2D eigenvalue weighted by atomic mass is 10.3. The average molecular weight is 242 g/mol. The van der Waals surface area contributed by atoms with Crippen LogP contribution in [0.25, 0.3) is 5.65 Å². The topological polar surface area (TPSA) is 65.7 Å². The summed E-state index contributed by atoms with van der Waals surface area (Å²) in [4.78, 5) is 24.5. The molecule has 0 aliphatic rings. The Kier molecular flexibility index (Phi) is 3.02. The smallest absolute Gasteiger partial charge is 0.293 e. The molecule has 0 atom stereocenters. The van der Waals surface area contributed by atoms with E-state index in [-0.39, 0.29) is 17.3 Å². The lowest BCUT2D eigenvalue weighted by Crippen LogP contribution is -2.06. The summed E-state index contributed by atoms with van der Waals surface area (Å²) >= 11 is 5.72. The van der Waals surface area contributed by atoms with Crippen molar-refractivity contribution in [3.63, 3.8) is 0 Å². The molecule has 2 aromatic heterocycles. The standard InChI is InChI=1S/C9H8ClN3O3/c1-2-15-16-9(14)6-5-11-13-4-3-7(10)12-8(6)13/h3-5H,2H2,1H3.